The van der Waals surface area contributed by atoms with Crippen molar-refractivity contribution in [1.29, 1.82) is 0 Å². The summed E-state index contributed by atoms with van der Waals surface area (Å²) >= 11 is 5.80. The van der Waals surface area contributed by atoms with Crippen LogP contribution in [0.3, 0.4) is 0 Å². The fraction of sp³-hybridized carbons (Fsp3) is 0.188. The van der Waals surface area contributed by atoms with Crippen LogP contribution in [0.4, 0.5) is 0 Å². The van der Waals surface area contributed by atoms with Gasteiger partial charge in [0.15, 0.2) is 6.10 Å². The number of rotatable bonds is 4. The van der Waals surface area contributed by atoms with Crippen LogP contribution in [0.15, 0.2) is 48.5 Å². The first-order valence-corrected chi connectivity index (χ1v) is 6.48. The van der Waals surface area contributed by atoms with Gasteiger partial charge in [-0.3, -0.25) is 4.79 Å². The number of ether oxygens (including phenoxy) is 1. The van der Waals surface area contributed by atoms with E-state index in [1.807, 2.05) is 31.2 Å². The molecule has 0 amide bonds. The Morgan fingerprint density at radius 3 is 2.37 bits per heavy atom. The highest BCUT2D eigenvalue weighted by molar-refractivity contribution is 6.30. The first kappa shape index (κ1) is 13.6. The number of carbonyl (C=O) groups is 1. The topological polar surface area (TPSA) is 26.3 Å². The van der Waals surface area contributed by atoms with Gasteiger partial charge in [0.05, 0.1) is 0 Å². The molecule has 0 saturated heterocycles. The smallest absolute Gasteiger partial charge is 0.202 e. The van der Waals surface area contributed by atoms with Crippen LogP contribution in [0.25, 0.3) is 0 Å². The zero-order chi connectivity index (χ0) is 13.8. The fourth-order valence-corrected chi connectivity index (χ4v) is 1.91. The highest BCUT2D eigenvalue weighted by Gasteiger charge is 2.17. The molecule has 0 aliphatic heterocycles. The number of hydrogen-bond acceptors (Lipinski definition) is 2. The van der Waals surface area contributed by atoms with Gasteiger partial charge in [0.2, 0.25) is 5.78 Å². The molecule has 98 valence electrons. The molecular formula is C16H15ClO2. The molecule has 2 rings (SSSR count). The van der Waals surface area contributed by atoms with E-state index in [-0.39, 0.29) is 5.78 Å². The van der Waals surface area contributed by atoms with Gasteiger partial charge < -0.3 is 4.74 Å². The Kier molecular flexibility index (Phi) is 4.23. The summed E-state index contributed by atoms with van der Waals surface area (Å²) in [5.41, 5.74) is 1.61. The number of Topliss-reactive ketones (excluding diaryl/α,β-unsaturated/α-hetero) is 1. The second kappa shape index (κ2) is 5.89. The summed E-state index contributed by atoms with van der Waals surface area (Å²) in [6.07, 6.45) is -0.526. The van der Waals surface area contributed by atoms with Crippen molar-refractivity contribution in [2.45, 2.75) is 20.0 Å². The molecule has 3 heteroatoms. The Bertz CT molecular complexity index is 576. The Morgan fingerprint density at radius 1 is 1.11 bits per heavy atom. The monoisotopic (exact) mass is 274 g/mol. The van der Waals surface area contributed by atoms with Crippen LogP contribution < -0.4 is 4.74 Å². The molecule has 0 aromatic heterocycles. The highest BCUT2D eigenvalue weighted by atomic mass is 35.5. The predicted octanol–water partition coefficient (Wildman–Crippen LogP) is 4.30. The van der Waals surface area contributed by atoms with Gasteiger partial charge in [-0.25, -0.2) is 0 Å². The molecule has 1 unspecified atom stereocenters. The lowest BCUT2D eigenvalue weighted by Gasteiger charge is -2.15. The molecule has 0 N–H and O–H groups in total. The van der Waals surface area contributed by atoms with E-state index in [1.165, 1.54) is 0 Å². The maximum absolute atomic E-state index is 12.2. The summed E-state index contributed by atoms with van der Waals surface area (Å²) in [6.45, 7) is 3.71. The van der Waals surface area contributed by atoms with Crippen LogP contribution in [0.5, 0.6) is 5.75 Å². The van der Waals surface area contributed by atoms with Gasteiger partial charge in [0, 0.05) is 10.6 Å². The van der Waals surface area contributed by atoms with Gasteiger partial charge in [-0.05, 0) is 49.7 Å². The van der Waals surface area contributed by atoms with Crippen molar-refractivity contribution in [2.75, 3.05) is 0 Å². The van der Waals surface area contributed by atoms with E-state index in [0.29, 0.717) is 10.6 Å². The van der Waals surface area contributed by atoms with Crippen molar-refractivity contribution in [3.8, 4) is 5.75 Å². The molecule has 0 aliphatic carbocycles. The molecule has 0 bridgehead atoms. The van der Waals surface area contributed by atoms with Crippen molar-refractivity contribution >= 4 is 17.4 Å². The van der Waals surface area contributed by atoms with Crippen molar-refractivity contribution in [1.82, 2.24) is 0 Å². The lowest BCUT2D eigenvalue weighted by atomic mass is 10.1. The Balaban J connectivity index is 2.12. The average Bonchev–Trinajstić information content (AvgIpc) is 2.41. The number of benzene rings is 2. The average molecular weight is 275 g/mol. The molecule has 0 radical (unpaired) electrons. The van der Waals surface area contributed by atoms with Gasteiger partial charge in [-0.15, -0.1) is 0 Å². The molecule has 0 fully saturated rings. The third kappa shape index (κ3) is 3.36. The van der Waals surface area contributed by atoms with Crippen LogP contribution in [0.2, 0.25) is 5.02 Å². The van der Waals surface area contributed by atoms with Crippen LogP contribution >= 0.6 is 11.6 Å². The summed E-state index contributed by atoms with van der Waals surface area (Å²) in [6, 6.07) is 14.5. The van der Waals surface area contributed by atoms with E-state index in [0.717, 1.165) is 11.3 Å². The minimum Gasteiger partial charge on any atom is -0.482 e. The summed E-state index contributed by atoms with van der Waals surface area (Å²) in [5.74, 6) is 0.678. The molecule has 0 spiro atoms. The maximum Gasteiger partial charge on any atom is 0.202 e. The van der Waals surface area contributed by atoms with Gasteiger partial charge in [-0.2, -0.15) is 0 Å². The number of hydrogen-bond donors (Lipinski definition) is 0. The van der Waals surface area contributed by atoms with E-state index >= 15 is 0 Å². The fourth-order valence-electron chi connectivity index (χ4n) is 1.78. The van der Waals surface area contributed by atoms with Crippen molar-refractivity contribution in [2.24, 2.45) is 0 Å². The first-order chi connectivity index (χ1) is 9.08. The Labute approximate surface area is 118 Å². The lowest BCUT2D eigenvalue weighted by molar-refractivity contribution is 0.0817. The van der Waals surface area contributed by atoms with Gasteiger partial charge in [0.25, 0.3) is 0 Å². The normalized spacial score (nSPS) is 11.9. The molecule has 2 aromatic rings. The van der Waals surface area contributed by atoms with E-state index in [4.69, 9.17) is 16.3 Å². The van der Waals surface area contributed by atoms with E-state index in [2.05, 4.69) is 0 Å². The standard InChI is InChI=1S/C16H15ClO2/c1-11-5-3-4-6-15(11)19-12(2)16(18)13-7-9-14(17)10-8-13/h3-10,12H,1-2H3. The molecule has 2 nitrogen and oxygen atoms in total. The predicted molar refractivity (Wildman–Crippen MR) is 77.1 cm³/mol. The molecule has 0 saturated carbocycles. The SMILES string of the molecule is Cc1ccccc1OC(C)C(=O)c1ccc(Cl)cc1. The summed E-state index contributed by atoms with van der Waals surface area (Å²) in [5, 5.41) is 0.615. The van der Waals surface area contributed by atoms with Crippen molar-refractivity contribution in [3.05, 3.63) is 64.7 Å². The minimum atomic E-state index is -0.526. The van der Waals surface area contributed by atoms with Crippen LogP contribution in [-0.4, -0.2) is 11.9 Å². The van der Waals surface area contributed by atoms with E-state index < -0.39 is 6.10 Å². The number of aryl methyl sites for hydroxylation is 1. The van der Waals surface area contributed by atoms with Crippen LogP contribution in [0, 0.1) is 6.92 Å². The Morgan fingerprint density at radius 2 is 1.74 bits per heavy atom. The van der Waals surface area contributed by atoms with Gasteiger partial charge in [-0.1, -0.05) is 29.8 Å². The minimum absolute atomic E-state index is 0.0556. The van der Waals surface area contributed by atoms with E-state index in [9.17, 15) is 4.79 Å². The summed E-state index contributed by atoms with van der Waals surface area (Å²) in [4.78, 5) is 12.2. The van der Waals surface area contributed by atoms with Gasteiger partial charge >= 0.3 is 0 Å². The molecule has 0 aliphatic rings. The molecule has 2 aromatic carbocycles. The van der Waals surface area contributed by atoms with Crippen molar-refractivity contribution in [3.63, 3.8) is 0 Å². The first-order valence-electron chi connectivity index (χ1n) is 6.10. The number of para-hydroxylation sites is 1. The number of halogens is 1. The van der Waals surface area contributed by atoms with Gasteiger partial charge in [0.1, 0.15) is 5.75 Å². The lowest BCUT2D eigenvalue weighted by Crippen LogP contribution is -2.24. The maximum atomic E-state index is 12.2. The molecule has 0 heterocycles. The molecular weight excluding hydrogens is 260 g/mol. The Hall–Kier alpha value is -1.80. The van der Waals surface area contributed by atoms with Crippen molar-refractivity contribution < 1.29 is 9.53 Å². The van der Waals surface area contributed by atoms with E-state index in [1.54, 1.807) is 31.2 Å². The van der Waals surface area contributed by atoms with Crippen LogP contribution in [0.1, 0.15) is 22.8 Å². The largest absolute Gasteiger partial charge is 0.482 e. The third-order valence-electron chi connectivity index (χ3n) is 2.90. The number of carbonyl (C=O) groups excluding carboxylic acids is 1. The second-order valence-corrected chi connectivity index (χ2v) is 4.83. The number of ketones is 1. The third-order valence-corrected chi connectivity index (χ3v) is 3.15. The molecule has 19 heavy (non-hydrogen) atoms. The van der Waals surface area contributed by atoms with Crippen LogP contribution in [-0.2, 0) is 0 Å². The molecule has 1 atom stereocenters. The summed E-state index contributed by atoms with van der Waals surface area (Å²) < 4.78 is 5.71. The summed E-state index contributed by atoms with van der Waals surface area (Å²) in [7, 11) is 0. The zero-order valence-electron chi connectivity index (χ0n) is 10.9. The quantitative estimate of drug-likeness (QED) is 0.777. The zero-order valence-corrected chi connectivity index (χ0v) is 11.6. The second-order valence-electron chi connectivity index (χ2n) is 4.40. The highest BCUT2D eigenvalue weighted by Crippen LogP contribution is 2.19.